The highest BCUT2D eigenvalue weighted by molar-refractivity contribution is 5.91. The highest BCUT2D eigenvalue weighted by Crippen LogP contribution is 2.26. The average Bonchev–Trinajstić information content (AvgIpc) is 2.54. The van der Waals surface area contributed by atoms with Crippen LogP contribution in [0.1, 0.15) is 12.5 Å². The van der Waals surface area contributed by atoms with Crippen molar-refractivity contribution in [1.29, 1.82) is 0 Å². The number of hydrogen-bond acceptors (Lipinski definition) is 4. The van der Waals surface area contributed by atoms with Crippen LogP contribution < -0.4 is 20.5 Å². The van der Waals surface area contributed by atoms with Gasteiger partial charge < -0.3 is 20.5 Å². The van der Waals surface area contributed by atoms with Crippen molar-refractivity contribution < 1.29 is 14.3 Å². The lowest BCUT2D eigenvalue weighted by atomic mass is 10.2. The third-order valence-electron chi connectivity index (χ3n) is 2.95. The van der Waals surface area contributed by atoms with E-state index in [0.717, 1.165) is 5.56 Å². The summed E-state index contributed by atoms with van der Waals surface area (Å²) >= 11 is 0. The fourth-order valence-corrected chi connectivity index (χ4v) is 1.96. The quantitative estimate of drug-likeness (QED) is 0.824. The van der Waals surface area contributed by atoms with Crippen molar-refractivity contribution >= 4 is 11.6 Å². The number of nitrogens with one attached hydrogen (secondary N) is 1. The average molecular weight is 300 g/mol. The minimum atomic E-state index is -0.236. The van der Waals surface area contributed by atoms with Crippen molar-refractivity contribution in [3.05, 3.63) is 54.1 Å². The maximum Gasteiger partial charge on any atom is 0.262 e. The summed E-state index contributed by atoms with van der Waals surface area (Å²) in [5.41, 5.74) is 7.24. The van der Waals surface area contributed by atoms with E-state index in [4.69, 9.17) is 15.2 Å². The van der Waals surface area contributed by atoms with Crippen LogP contribution in [0.15, 0.2) is 48.5 Å². The molecule has 0 heterocycles. The number of benzene rings is 2. The number of rotatable bonds is 7. The molecule has 116 valence electrons. The molecule has 0 saturated carbocycles. The summed E-state index contributed by atoms with van der Waals surface area (Å²) in [7, 11) is 0. The maximum atomic E-state index is 11.9. The third-order valence-corrected chi connectivity index (χ3v) is 2.95. The summed E-state index contributed by atoms with van der Waals surface area (Å²) < 4.78 is 11.0. The normalized spacial score (nSPS) is 10.1. The van der Waals surface area contributed by atoms with E-state index >= 15 is 0 Å². The van der Waals surface area contributed by atoms with Gasteiger partial charge in [0, 0.05) is 12.2 Å². The zero-order chi connectivity index (χ0) is 15.8. The van der Waals surface area contributed by atoms with Crippen LogP contribution >= 0.6 is 0 Å². The number of carbonyl (C=O) groups excluding carboxylic acids is 1. The molecule has 0 unspecified atom stereocenters. The molecule has 0 aliphatic heterocycles. The van der Waals surface area contributed by atoms with Crippen molar-refractivity contribution in [3.63, 3.8) is 0 Å². The third kappa shape index (κ3) is 4.49. The Kier molecular flexibility index (Phi) is 5.80. The molecule has 3 N–H and O–H groups in total. The molecule has 1 amide bonds. The van der Waals surface area contributed by atoms with E-state index in [1.165, 1.54) is 0 Å². The van der Waals surface area contributed by atoms with Crippen LogP contribution in [0.25, 0.3) is 0 Å². The van der Waals surface area contributed by atoms with E-state index in [9.17, 15) is 4.79 Å². The zero-order valence-corrected chi connectivity index (χ0v) is 12.5. The van der Waals surface area contributed by atoms with Gasteiger partial charge in [-0.2, -0.15) is 0 Å². The molecule has 0 aliphatic rings. The smallest absolute Gasteiger partial charge is 0.262 e. The zero-order valence-electron chi connectivity index (χ0n) is 12.5. The van der Waals surface area contributed by atoms with E-state index < -0.39 is 0 Å². The van der Waals surface area contributed by atoms with E-state index in [-0.39, 0.29) is 12.5 Å². The minimum absolute atomic E-state index is 0.0864. The van der Waals surface area contributed by atoms with Gasteiger partial charge in [-0.1, -0.05) is 24.3 Å². The molecule has 5 nitrogen and oxygen atoms in total. The van der Waals surface area contributed by atoms with Crippen LogP contribution in [0.3, 0.4) is 0 Å². The molecule has 5 heteroatoms. The second kappa shape index (κ2) is 8.05. The summed E-state index contributed by atoms with van der Waals surface area (Å²) in [6, 6.07) is 14.7. The second-order valence-electron chi connectivity index (χ2n) is 4.62. The SMILES string of the molecule is CCOc1ccccc1OCC(=O)Nc1cccc(CN)c1. The van der Waals surface area contributed by atoms with E-state index in [1.807, 2.05) is 49.4 Å². The van der Waals surface area contributed by atoms with Crippen LogP contribution in [0.5, 0.6) is 11.5 Å². The monoisotopic (exact) mass is 300 g/mol. The van der Waals surface area contributed by atoms with Crippen LogP contribution in [0.2, 0.25) is 0 Å². The second-order valence-corrected chi connectivity index (χ2v) is 4.62. The number of nitrogens with two attached hydrogens (primary N) is 1. The van der Waals surface area contributed by atoms with Gasteiger partial charge in [0.25, 0.3) is 5.91 Å². The fraction of sp³-hybridized carbons (Fsp3) is 0.235. The van der Waals surface area contributed by atoms with Gasteiger partial charge in [0.05, 0.1) is 6.61 Å². The largest absolute Gasteiger partial charge is 0.490 e. The Balaban J connectivity index is 1.92. The molecule has 0 saturated heterocycles. The van der Waals surface area contributed by atoms with Gasteiger partial charge in [0.2, 0.25) is 0 Å². The molecule has 22 heavy (non-hydrogen) atoms. The molecule has 2 rings (SSSR count). The highest BCUT2D eigenvalue weighted by atomic mass is 16.5. The molecule has 0 aromatic heterocycles. The molecular formula is C17H20N2O3. The first kappa shape index (κ1) is 15.9. The first-order valence-corrected chi connectivity index (χ1v) is 7.16. The van der Waals surface area contributed by atoms with Crippen LogP contribution in [-0.4, -0.2) is 19.1 Å². The molecule has 2 aromatic rings. The van der Waals surface area contributed by atoms with Gasteiger partial charge in [-0.25, -0.2) is 0 Å². The van der Waals surface area contributed by atoms with Crippen LogP contribution in [0, 0.1) is 0 Å². The standard InChI is InChI=1S/C17H20N2O3/c1-2-21-15-8-3-4-9-16(15)22-12-17(20)19-14-7-5-6-13(10-14)11-18/h3-10H,2,11-12,18H2,1H3,(H,19,20). The topological polar surface area (TPSA) is 73.6 Å². The Morgan fingerprint density at radius 3 is 2.50 bits per heavy atom. The maximum absolute atomic E-state index is 11.9. The Morgan fingerprint density at radius 2 is 1.82 bits per heavy atom. The van der Waals surface area contributed by atoms with Gasteiger partial charge in [-0.3, -0.25) is 4.79 Å². The molecular weight excluding hydrogens is 280 g/mol. The van der Waals surface area contributed by atoms with E-state index in [0.29, 0.717) is 30.3 Å². The van der Waals surface area contributed by atoms with E-state index in [1.54, 1.807) is 6.07 Å². The molecule has 0 aliphatic carbocycles. The first-order valence-electron chi connectivity index (χ1n) is 7.16. The Bertz CT molecular complexity index is 629. The van der Waals surface area contributed by atoms with Gasteiger partial charge in [0.15, 0.2) is 18.1 Å². The van der Waals surface area contributed by atoms with Crippen molar-refractivity contribution in [2.45, 2.75) is 13.5 Å². The molecule has 2 aromatic carbocycles. The predicted molar refractivity (Wildman–Crippen MR) is 86.1 cm³/mol. The summed E-state index contributed by atoms with van der Waals surface area (Å²) in [6.07, 6.45) is 0. The predicted octanol–water partition coefficient (Wildman–Crippen LogP) is 2.56. The number of anilines is 1. The lowest BCUT2D eigenvalue weighted by Gasteiger charge is -2.12. The Hall–Kier alpha value is -2.53. The lowest BCUT2D eigenvalue weighted by Crippen LogP contribution is -2.20. The van der Waals surface area contributed by atoms with Crippen LogP contribution in [0.4, 0.5) is 5.69 Å². The van der Waals surface area contributed by atoms with Gasteiger partial charge in [-0.15, -0.1) is 0 Å². The molecule has 0 fully saturated rings. The number of hydrogen-bond donors (Lipinski definition) is 2. The summed E-state index contributed by atoms with van der Waals surface area (Å²) in [5.74, 6) is 0.943. The number of amides is 1. The van der Waals surface area contributed by atoms with Crippen LogP contribution in [-0.2, 0) is 11.3 Å². The number of carbonyl (C=O) groups is 1. The summed E-state index contributed by atoms with van der Waals surface area (Å²) in [6.45, 7) is 2.78. The van der Waals surface area contributed by atoms with Crippen molar-refractivity contribution in [2.75, 3.05) is 18.5 Å². The van der Waals surface area contributed by atoms with Crippen molar-refractivity contribution in [1.82, 2.24) is 0 Å². The minimum Gasteiger partial charge on any atom is -0.490 e. The summed E-state index contributed by atoms with van der Waals surface area (Å²) in [5, 5.41) is 2.78. The molecule has 0 spiro atoms. The van der Waals surface area contributed by atoms with E-state index in [2.05, 4.69) is 5.32 Å². The molecule has 0 bridgehead atoms. The highest BCUT2D eigenvalue weighted by Gasteiger charge is 2.07. The first-order chi connectivity index (χ1) is 10.7. The van der Waals surface area contributed by atoms with Crippen molar-refractivity contribution in [2.24, 2.45) is 5.73 Å². The lowest BCUT2D eigenvalue weighted by molar-refractivity contribution is -0.118. The van der Waals surface area contributed by atoms with Crippen molar-refractivity contribution in [3.8, 4) is 11.5 Å². The summed E-state index contributed by atoms with van der Waals surface area (Å²) in [4.78, 5) is 11.9. The molecule has 0 radical (unpaired) electrons. The van der Waals surface area contributed by atoms with Gasteiger partial charge in [-0.05, 0) is 36.8 Å². The fourth-order valence-electron chi connectivity index (χ4n) is 1.96. The molecule has 0 atom stereocenters. The number of para-hydroxylation sites is 2. The van der Waals surface area contributed by atoms with Gasteiger partial charge in [0.1, 0.15) is 0 Å². The van der Waals surface area contributed by atoms with Gasteiger partial charge >= 0.3 is 0 Å². The Morgan fingerprint density at radius 1 is 1.09 bits per heavy atom. The Labute approximate surface area is 130 Å². The number of ether oxygens (including phenoxy) is 2.